The number of ether oxygens (including phenoxy) is 1. The van der Waals surface area contributed by atoms with E-state index in [1.165, 1.54) is 0 Å². The Bertz CT molecular complexity index is 985. The topological polar surface area (TPSA) is 105 Å². The zero-order valence-corrected chi connectivity index (χ0v) is 17.3. The number of hydrogen-bond donors (Lipinski definition) is 2. The summed E-state index contributed by atoms with van der Waals surface area (Å²) in [6.45, 7) is 2.83. The van der Waals surface area contributed by atoms with Crippen LogP contribution in [0.3, 0.4) is 0 Å². The normalized spacial score (nSPS) is 23.5. The summed E-state index contributed by atoms with van der Waals surface area (Å²) in [4.78, 5) is 25.3. The van der Waals surface area contributed by atoms with Crippen LogP contribution in [0.2, 0.25) is 0 Å². The van der Waals surface area contributed by atoms with Gasteiger partial charge in [-0.3, -0.25) is 10.7 Å². The molecule has 2 aliphatic rings. The number of quaternary nitrogens is 1. The third-order valence-corrected chi connectivity index (χ3v) is 6.02. The van der Waals surface area contributed by atoms with E-state index in [9.17, 15) is 14.7 Å². The molecule has 2 heterocycles. The fourth-order valence-corrected chi connectivity index (χ4v) is 4.28. The summed E-state index contributed by atoms with van der Waals surface area (Å²) in [7, 11) is 0. The molecule has 162 valence electrons. The molecule has 0 radical (unpaired) electrons. The molecule has 2 unspecified atom stereocenters. The summed E-state index contributed by atoms with van der Waals surface area (Å²) >= 11 is 0. The maximum absolute atomic E-state index is 13.6. The molecular weight excluding hydrogens is 396 g/mol. The van der Waals surface area contributed by atoms with Gasteiger partial charge in [0.25, 0.3) is 0 Å². The van der Waals surface area contributed by atoms with Gasteiger partial charge in [-0.05, 0) is 23.3 Å². The highest BCUT2D eigenvalue weighted by molar-refractivity contribution is 5.91. The van der Waals surface area contributed by atoms with Crippen LogP contribution in [0.1, 0.15) is 33.2 Å². The average molecular weight is 423 g/mol. The number of carboxylic acids is 1. The van der Waals surface area contributed by atoms with Crippen LogP contribution in [-0.4, -0.2) is 72.1 Å². The van der Waals surface area contributed by atoms with Crippen LogP contribution in [0, 0.1) is 0 Å². The number of carboxylic acid groups (broad SMARTS) is 1. The summed E-state index contributed by atoms with van der Waals surface area (Å²) in [6, 6.07) is 14.7. The van der Waals surface area contributed by atoms with Crippen LogP contribution in [0.5, 0.6) is 0 Å². The predicted molar refractivity (Wildman–Crippen MR) is 115 cm³/mol. The quantitative estimate of drug-likeness (QED) is 0.559. The van der Waals surface area contributed by atoms with Crippen molar-refractivity contribution in [1.29, 1.82) is 0 Å². The van der Waals surface area contributed by atoms with Crippen LogP contribution in [0.25, 0.3) is 0 Å². The van der Waals surface area contributed by atoms with E-state index in [-0.39, 0.29) is 16.9 Å². The molecule has 4 rings (SSSR count). The van der Waals surface area contributed by atoms with Gasteiger partial charge in [-0.2, -0.15) is 5.10 Å². The fraction of sp³-hybridized carbons (Fsp3) is 0.348. The molecule has 2 aromatic carbocycles. The number of aliphatic carboxylic acids is 1. The minimum Gasteiger partial charge on any atom is -0.477 e. The number of hydrogen-bond acceptors (Lipinski definition) is 6. The van der Waals surface area contributed by atoms with Gasteiger partial charge in [-0.15, -0.1) is 0 Å². The maximum Gasteiger partial charge on any atom is 0.359 e. The van der Waals surface area contributed by atoms with Gasteiger partial charge < -0.3 is 9.84 Å². The van der Waals surface area contributed by atoms with Crippen molar-refractivity contribution >= 4 is 18.1 Å². The molecular formula is C23H27N4O4+. The lowest BCUT2D eigenvalue weighted by molar-refractivity contribution is -0.875. The van der Waals surface area contributed by atoms with Gasteiger partial charge in [-0.25, -0.2) is 14.1 Å². The van der Waals surface area contributed by atoms with Crippen molar-refractivity contribution in [2.75, 3.05) is 39.4 Å². The average Bonchev–Trinajstić information content (AvgIpc) is 2.80. The number of fused-ring (bicyclic) bond motifs is 1. The van der Waals surface area contributed by atoms with Crippen LogP contribution in [0.15, 0.2) is 53.6 Å². The molecule has 2 aromatic rings. The molecule has 3 N–H and O–H groups in total. The van der Waals surface area contributed by atoms with Crippen molar-refractivity contribution in [3.63, 3.8) is 0 Å². The van der Waals surface area contributed by atoms with E-state index < -0.39 is 12.1 Å². The van der Waals surface area contributed by atoms with E-state index >= 15 is 0 Å². The number of amides is 1. The molecule has 0 saturated carbocycles. The first-order valence-electron chi connectivity index (χ1n) is 10.4. The summed E-state index contributed by atoms with van der Waals surface area (Å²) in [5.74, 6) is -1.32. The lowest BCUT2D eigenvalue weighted by Gasteiger charge is -2.43. The molecule has 0 bridgehead atoms. The number of rotatable bonds is 5. The zero-order chi connectivity index (χ0) is 21.8. The van der Waals surface area contributed by atoms with Crippen LogP contribution in [-0.2, 0) is 16.0 Å². The number of benzene rings is 2. The highest BCUT2D eigenvalue weighted by atomic mass is 16.5. The molecule has 8 nitrogen and oxygen atoms in total. The molecule has 2 atom stereocenters. The molecule has 1 fully saturated rings. The Labute approximate surface area is 181 Å². The number of hydrazone groups is 1. The Kier molecular flexibility index (Phi) is 6.13. The second kappa shape index (κ2) is 8.97. The number of nitrogens with two attached hydrogens (primary N) is 1. The first-order valence-corrected chi connectivity index (χ1v) is 10.4. The third kappa shape index (κ3) is 4.36. The van der Waals surface area contributed by atoms with E-state index in [0.29, 0.717) is 31.7 Å². The van der Waals surface area contributed by atoms with E-state index in [4.69, 9.17) is 10.5 Å². The Morgan fingerprint density at radius 2 is 1.87 bits per heavy atom. The van der Waals surface area contributed by atoms with Crippen molar-refractivity contribution in [3.8, 4) is 0 Å². The Balaban J connectivity index is 1.58. The monoisotopic (exact) mass is 423 g/mol. The Morgan fingerprint density at radius 3 is 2.58 bits per heavy atom. The molecule has 31 heavy (non-hydrogen) atoms. The number of morpholine rings is 1. The van der Waals surface area contributed by atoms with Crippen molar-refractivity contribution in [2.45, 2.75) is 12.6 Å². The highest BCUT2D eigenvalue weighted by Gasteiger charge is 2.48. The molecule has 0 aliphatic carbocycles. The van der Waals surface area contributed by atoms with E-state index in [1.54, 1.807) is 18.3 Å². The number of carbonyl (C=O) groups excluding carboxylic acids is 1. The molecule has 1 amide bonds. The molecule has 2 aliphatic heterocycles. The number of nitrogens with zero attached hydrogens (tertiary/aromatic N) is 3. The molecule has 8 heteroatoms. The van der Waals surface area contributed by atoms with Gasteiger partial charge in [0.05, 0.1) is 44.6 Å². The van der Waals surface area contributed by atoms with Gasteiger partial charge in [0.1, 0.15) is 0 Å². The lowest BCUT2D eigenvalue weighted by atomic mass is 9.93. The van der Waals surface area contributed by atoms with Crippen molar-refractivity contribution in [3.05, 3.63) is 70.8 Å². The number of carbonyl (C=O) groups is 2. The summed E-state index contributed by atoms with van der Waals surface area (Å²) in [5.41, 5.74) is 9.73. The second-order valence-corrected chi connectivity index (χ2v) is 7.94. The first kappa shape index (κ1) is 21.2. The zero-order valence-electron chi connectivity index (χ0n) is 17.3. The molecule has 0 spiro atoms. The SMILES string of the molecule is NC1c2ccccc2CC[N+]1(CC(=O)O)C(=O)c1ccc(C=NN2CCOCC2)cc1. The van der Waals surface area contributed by atoms with Gasteiger partial charge >= 0.3 is 11.9 Å². The van der Waals surface area contributed by atoms with Gasteiger partial charge in [-0.1, -0.05) is 36.4 Å². The van der Waals surface area contributed by atoms with E-state index in [1.807, 2.05) is 41.4 Å². The Morgan fingerprint density at radius 1 is 1.16 bits per heavy atom. The van der Waals surface area contributed by atoms with Crippen LogP contribution in [0.4, 0.5) is 0 Å². The van der Waals surface area contributed by atoms with Gasteiger partial charge in [0.15, 0.2) is 12.7 Å². The third-order valence-electron chi connectivity index (χ3n) is 6.02. The standard InChI is InChI=1S/C23H26N4O4/c24-22-20-4-2-1-3-18(20)9-12-27(22,16-21(28)29)23(30)19-7-5-17(6-8-19)15-25-26-10-13-31-14-11-26/h1-8,15,22H,9-14,16,24H2/p+1. The van der Waals surface area contributed by atoms with Crippen molar-refractivity contribution in [2.24, 2.45) is 10.8 Å². The Hall–Kier alpha value is -3.07. The van der Waals surface area contributed by atoms with Crippen LogP contribution < -0.4 is 5.73 Å². The van der Waals surface area contributed by atoms with E-state index in [0.717, 1.165) is 29.8 Å². The summed E-state index contributed by atoms with van der Waals surface area (Å²) in [5, 5.41) is 16.0. The summed E-state index contributed by atoms with van der Waals surface area (Å²) in [6.07, 6.45) is 1.63. The van der Waals surface area contributed by atoms with E-state index in [2.05, 4.69) is 5.10 Å². The highest BCUT2D eigenvalue weighted by Crippen LogP contribution is 2.34. The minimum absolute atomic E-state index is 0.277. The summed E-state index contributed by atoms with van der Waals surface area (Å²) < 4.78 is 4.99. The minimum atomic E-state index is -1.04. The lowest BCUT2D eigenvalue weighted by Crippen LogP contribution is -2.62. The van der Waals surface area contributed by atoms with Gasteiger partial charge in [0.2, 0.25) is 0 Å². The maximum atomic E-state index is 13.6. The van der Waals surface area contributed by atoms with Gasteiger partial charge in [0, 0.05) is 12.0 Å². The first-order chi connectivity index (χ1) is 15.0. The van der Waals surface area contributed by atoms with Crippen molar-refractivity contribution in [1.82, 2.24) is 5.01 Å². The second-order valence-electron chi connectivity index (χ2n) is 7.94. The smallest absolute Gasteiger partial charge is 0.359 e. The molecule has 1 saturated heterocycles. The predicted octanol–water partition coefficient (Wildman–Crippen LogP) is 1.61. The van der Waals surface area contributed by atoms with Crippen LogP contribution >= 0.6 is 0 Å². The van der Waals surface area contributed by atoms with Crippen molar-refractivity contribution < 1.29 is 23.9 Å². The molecule has 0 aromatic heterocycles. The fourth-order valence-electron chi connectivity index (χ4n) is 4.28. The largest absolute Gasteiger partial charge is 0.477 e.